The SMILES string of the molecule is O=C1N=C(N[C@H]2C[C@H]3C[C@@H]2CC3(F)F)SC1C(F)(F)F. The summed E-state index contributed by atoms with van der Waals surface area (Å²) in [6.45, 7) is 0. The van der Waals surface area contributed by atoms with Gasteiger partial charge in [0.2, 0.25) is 0 Å². The first-order valence-electron chi connectivity index (χ1n) is 6.17. The molecule has 2 aliphatic carbocycles. The van der Waals surface area contributed by atoms with E-state index in [9.17, 15) is 26.7 Å². The van der Waals surface area contributed by atoms with E-state index in [1.54, 1.807) is 0 Å². The van der Waals surface area contributed by atoms with Gasteiger partial charge in [-0.05, 0) is 18.8 Å². The topological polar surface area (TPSA) is 41.5 Å². The molecule has 0 spiro atoms. The summed E-state index contributed by atoms with van der Waals surface area (Å²) in [4.78, 5) is 14.5. The van der Waals surface area contributed by atoms with Gasteiger partial charge in [-0.1, -0.05) is 11.8 Å². The average molecular weight is 314 g/mol. The normalized spacial score (nSPS) is 39.2. The highest BCUT2D eigenvalue weighted by Crippen LogP contribution is 2.53. The first kappa shape index (κ1) is 14.1. The quantitative estimate of drug-likeness (QED) is 0.756. The van der Waals surface area contributed by atoms with Gasteiger partial charge < -0.3 is 5.32 Å². The molecule has 4 atom stereocenters. The molecule has 1 N–H and O–H groups in total. The lowest BCUT2D eigenvalue weighted by Gasteiger charge is -2.28. The zero-order valence-electron chi connectivity index (χ0n) is 10.1. The Balaban J connectivity index is 1.62. The Kier molecular flexibility index (Phi) is 3.04. The molecule has 1 amide bonds. The molecular formula is C11H11F5N2OS. The number of carbonyl (C=O) groups is 1. The molecule has 0 aromatic rings. The Bertz CT molecular complexity index is 478. The highest BCUT2D eigenvalue weighted by atomic mass is 32.2. The van der Waals surface area contributed by atoms with Crippen LogP contribution in [0.4, 0.5) is 22.0 Å². The van der Waals surface area contributed by atoms with Crippen molar-refractivity contribution in [2.45, 2.75) is 42.7 Å². The second kappa shape index (κ2) is 4.32. The number of fused-ring (bicyclic) bond motifs is 2. The molecule has 1 aliphatic heterocycles. The van der Waals surface area contributed by atoms with E-state index in [0.29, 0.717) is 18.2 Å². The van der Waals surface area contributed by atoms with E-state index in [1.807, 2.05) is 0 Å². The van der Waals surface area contributed by atoms with Crippen LogP contribution in [0, 0.1) is 11.8 Å². The number of nitrogens with one attached hydrogen (secondary N) is 1. The van der Waals surface area contributed by atoms with E-state index in [0.717, 1.165) is 0 Å². The molecule has 2 fully saturated rings. The zero-order valence-corrected chi connectivity index (χ0v) is 10.9. The maximum Gasteiger partial charge on any atom is 0.409 e. The van der Waals surface area contributed by atoms with E-state index in [1.165, 1.54) is 0 Å². The number of alkyl halides is 5. The number of aliphatic imine (C=N–C) groups is 1. The van der Waals surface area contributed by atoms with Crippen LogP contribution < -0.4 is 5.32 Å². The van der Waals surface area contributed by atoms with Crippen molar-refractivity contribution < 1.29 is 26.7 Å². The number of hydrogen-bond donors (Lipinski definition) is 1. The number of hydrogen-bond acceptors (Lipinski definition) is 3. The Morgan fingerprint density at radius 3 is 2.45 bits per heavy atom. The largest absolute Gasteiger partial charge is 0.409 e. The number of rotatable bonds is 1. The lowest BCUT2D eigenvalue weighted by atomic mass is 9.92. The first-order chi connectivity index (χ1) is 9.17. The minimum atomic E-state index is -4.64. The third-order valence-corrected chi connectivity index (χ3v) is 5.24. The van der Waals surface area contributed by atoms with Crippen LogP contribution in [-0.2, 0) is 4.79 Å². The fraction of sp³-hybridized carbons (Fsp3) is 0.818. The van der Waals surface area contributed by atoms with Crippen molar-refractivity contribution in [2.75, 3.05) is 0 Å². The third kappa shape index (κ3) is 2.29. The van der Waals surface area contributed by atoms with Crippen molar-refractivity contribution >= 4 is 22.8 Å². The van der Waals surface area contributed by atoms with Gasteiger partial charge >= 0.3 is 6.18 Å². The lowest BCUT2D eigenvalue weighted by molar-refractivity contribution is -0.146. The lowest BCUT2D eigenvalue weighted by Crippen LogP contribution is -2.41. The smallest absolute Gasteiger partial charge is 0.361 e. The molecule has 0 aromatic carbocycles. The maximum absolute atomic E-state index is 13.3. The number of amides is 1. The van der Waals surface area contributed by atoms with Gasteiger partial charge in [0.05, 0.1) is 0 Å². The summed E-state index contributed by atoms with van der Waals surface area (Å²) in [5.74, 6) is -4.89. The van der Waals surface area contributed by atoms with Crippen molar-refractivity contribution in [1.82, 2.24) is 5.32 Å². The minimum absolute atomic E-state index is 0.0989. The average Bonchev–Trinajstić information content (AvgIpc) is 2.90. The molecule has 3 aliphatic rings. The van der Waals surface area contributed by atoms with Crippen LogP contribution in [0.15, 0.2) is 4.99 Å². The predicted octanol–water partition coefficient (Wildman–Crippen LogP) is 2.57. The van der Waals surface area contributed by atoms with Gasteiger partial charge in [0.15, 0.2) is 10.4 Å². The highest BCUT2D eigenvalue weighted by Gasteiger charge is 2.57. The van der Waals surface area contributed by atoms with Crippen LogP contribution in [0.1, 0.15) is 19.3 Å². The molecule has 112 valence electrons. The van der Waals surface area contributed by atoms with Gasteiger partial charge in [-0.25, -0.2) is 8.78 Å². The molecule has 9 heteroatoms. The first-order valence-corrected chi connectivity index (χ1v) is 7.05. The Morgan fingerprint density at radius 1 is 1.30 bits per heavy atom. The number of thioether (sulfide) groups is 1. The van der Waals surface area contributed by atoms with Crippen LogP contribution in [0.2, 0.25) is 0 Å². The highest BCUT2D eigenvalue weighted by molar-refractivity contribution is 8.15. The summed E-state index contributed by atoms with van der Waals surface area (Å²) in [7, 11) is 0. The van der Waals surface area contributed by atoms with E-state index < -0.39 is 29.2 Å². The number of nitrogens with zero attached hydrogens (tertiary/aromatic N) is 1. The fourth-order valence-electron chi connectivity index (χ4n) is 3.17. The van der Waals surface area contributed by atoms with E-state index in [4.69, 9.17) is 0 Å². The number of carbonyl (C=O) groups excluding carboxylic acids is 1. The van der Waals surface area contributed by atoms with E-state index >= 15 is 0 Å². The third-order valence-electron chi connectivity index (χ3n) is 4.10. The van der Waals surface area contributed by atoms with Crippen molar-refractivity contribution in [3.8, 4) is 0 Å². The van der Waals surface area contributed by atoms with Crippen molar-refractivity contribution in [3.05, 3.63) is 0 Å². The zero-order chi connectivity index (χ0) is 14.7. The Labute approximate surface area is 115 Å². The molecule has 0 radical (unpaired) electrons. The molecule has 1 heterocycles. The molecule has 20 heavy (non-hydrogen) atoms. The van der Waals surface area contributed by atoms with Crippen molar-refractivity contribution in [1.29, 1.82) is 0 Å². The van der Waals surface area contributed by atoms with Crippen LogP contribution in [-0.4, -0.2) is 34.5 Å². The minimum Gasteiger partial charge on any atom is -0.361 e. The van der Waals surface area contributed by atoms with Gasteiger partial charge in [-0.2, -0.15) is 18.2 Å². The van der Waals surface area contributed by atoms with E-state index in [2.05, 4.69) is 10.3 Å². The summed E-state index contributed by atoms with van der Waals surface area (Å²) in [5.41, 5.74) is 0. The van der Waals surface area contributed by atoms with Gasteiger partial charge in [0, 0.05) is 18.4 Å². The molecule has 0 saturated heterocycles. The van der Waals surface area contributed by atoms with Crippen LogP contribution in [0.5, 0.6) is 0 Å². The molecule has 1 unspecified atom stereocenters. The fourth-order valence-corrected chi connectivity index (χ4v) is 4.04. The molecule has 3 rings (SSSR count). The van der Waals surface area contributed by atoms with Gasteiger partial charge in [-0.15, -0.1) is 0 Å². The van der Waals surface area contributed by atoms with Gasteiger partial charge in [-0.3, -0.25) is 4.79 Å². The predicted molar refractivity (Wildman–Crippen MR) is 62.6 cm³/mol. The summed E-state index contributed by atoms with van der Waals surface area (Å²) >= 11 is 0.317. The molecular weight excluding hydrogens is 303 g/mol. The van der Waals surface area contributed by atoms with Crippen LogP contribution in [0.25, 0.3) is 0 Å². The summed E-state index contributed by atoms with van der Waals surface area (Å²) in [6, 6.07) is -0.314. The van der Waals surface area contributed by atoms with Crippen molar-refractivity contribution in [2.24, 2.45) is 16.8 Å². The Morgan fingerprint density at radius 2 is 2.00 bits per heavy atom. The van der Waals surface area contributed by atoms with Crippen LogP contribution in [0.3, 0.4) is 0 Å². The van der Waals surface area contributed by atoms with Crippen LogP contribution >= 0.6 is 11.8 Å². The second-order valence-electron chi connectivity index (χ2n) is 5.44. The monoisotopic (exact) mass is 314 g/mol. The number of halogens is 5. The molecule has 0 aromatic heterocycles. The summed E-state index contributed by atoms with van der Waals surface area (Å²) in [5, 5.41) is 0.463. The standard InChI is InChI=1S/C11H11F5N2OS/c12-10(13)3-4-1-5(10)2-6(4)17-9-18-8(19)7(20-9)11(14,15)16/h4-7H,1-3H2,(H,17,18,19)/t4-,5-,6+,7?/m1/s1. The maximum atomic E-state index is 13.3. The molecule has 2 bridgehead atoms. The van der Waals surface area contributed by atoms with Gasteiger partial charge in [0.25, 0.3) is 11.8 Å². The molecule has 2 saturated carbocycles. The summed E-state index contributed by atoms with van der Waals surface area (Å²) in [6.07, 6.45) is -4.30. The summed E-state index contributed by atoms with van der Waals surface area (Å²) < 4.78 is 64.2. The molecule has 3 nitrogen and oxygen atoms in total. The number of amidine groups is 1. The van der Waals surface area contributed by atoms with E-state index in [-0.39, 0.29) is 30.0 Å². The Hall–Kier alpha value is -0.860. The second-order valence-corrected chi connectivity index (χ2v) is 6.53. The van der Waals surface area contributed by atoms with Gasteiger partial charge in [0.1, 0.15) is 0 Å². The van der Waals surface area contributed by atoms with Crippen molar-refractivity contribution in [3.63, 3.8) is 0 Å².